The fourth-order valence-corrected chi connectivity index (χ4v) is 6.26. The fourth-order valence-electron chi connectivity index (χ4n) is 6.26. The van der Waals surface area contributed by atoms with Crippen LogP contribution >= 0.6 is 0 Å². The average Bonchev–Trinajstić information content (AvgIpc) is 3.01. The molecule has 0 fully saturated rings. The topological polar surface area (TPSA) is 165 Å². The number of carbonyl (C=O) groups is 1. The number of aliphatic hydroxyl groups excluding tert-OH is 1. The lowest BCUT2D eigenvalue weighted by molar-refractivity contribution is -0.156. The molecule has 1 aliphatic carbocycles. The number of rotatable bonds is 5. The third-order valence-electron chi connectivity index (χ3n) is 8.76. The Morgan fingerprint density at radius 3 is 2.71 bits per heavy atom. The number of phenolic OH excluding ortho intramolecular Hbond substituents is 2. The minimum Gasteiger partial charge on any atom is -0.508 e. The van der Waals surface area contributed by atoms with Gasteiger partial charge in [0.2, 0.25) is 0 Å². The number of esters is 1. The van der Waals surface area contributed by atoms with E-state index in [0.29, 0.717) is 22.5 Å². The summed E-state index contributed by atoms with van der Waals surface area (Å²) in [7, 11) is 0. The SMILES string of the molecule is C/C=C(/C)C(=O)O[C@@H]1Cc2c(c([C@@H]3c4ccnc(N)c4C=C[C@H]3c3cccc(O)c3)c3oc(CO)cc(=O)c3c2O)OC1(C)C. The Labute approximate surface area is 259 Å². The van der Waals surface area contributed by atoms with Gasteiger partial charge in [0.25, 0.3) is 0 Å². The molecule has 2 aliphatic rings. The van der Waals surface area contributed by atoms with Crippen LogP contribution in [0.15, 0.2) is 69.5 Å². The number of aromatic hydroxyl groups is 2. The molecular formula is C35H34N2O8. The van der Waals surface area contributed by atoms with Crippen LogP contribution in [-0.2, 0) is 22.6 Å². The molecule has 4 aromatic rings. The van der Waals surface area contributed by atoms with Crippen LogP contribution in [0.1, 0.15) is 73.1 Å². The molecule has 10 heteroatoms. The molecule has 0 unspecified atom stereocenters. The number of pyridine rings is 1. The van der Waals surface area contributed by atoms with Gasteiger partial charge in [-0.15, -0.1) is 0 Å². The number of hydrogen-bond donors (Lipinski definition) is 4. The number of anilines is 1. The first-order chi connectivity index (χ1) is 21.4. The second-order valence-corrected chi connectivity index (χ2v) is 11.9. The van der Waals surface area contributed by atoms with Gasteiger partial charge in [0.1, 0.15) is 58.1 Å². The largest absolute Gasteiger partial charge is 0.508 e. The minimum absolute atomic E-state index is 0.00604. The molecule has 10 nitrogen and oxygen atoms in total. The van der Waals surface area contributed by atoms with E-state index in [1.807, 2.05) is 24.3 Å². The number of phenols is 2. The van der Waals surface area contributed by atoms with Crippen LogP contribution in [0.4, 0.5) is 5.82 Å². The Morgan fingerprint density at radius 2 is 2.00 bits per heavy atom. The van der Waals surface area contributed by atoms with Crippen molar-refractivity contribution < 1.29 is 34.0 Å². The van der Waals surface area contributed by atoms with Gasteiger partial charge in [-0.25, -0.2) is 9.78 Å². The van der Waals surface area contributed by atoms with Crippen molar-refractivity contribution in [2.75, 3.05) is 5.73 Å². The summed E-state index contributed by atoms with van der Waals surface area (Å²) in [5, 5.41) is 32.0. The third kappa shape index (κ3) is 5.01. The highest BCUT2D eigenvalue weighted by molar-refractivity contribution is 5.92. The number of ether oxygens (including phenoxy) is 2. The van der Waals surface area contributed by atoms with Gasteiger partial charge in [-0.2, -0.15) is 0 Å². The molecule has 0 bridgehead atoms. The molecule has 0 saturated heterocycles. The molecule has 3 heterocycles. The van der Waals surface area contributed by atoms with E-state index in [4.69, 9.17) is 19.6 Å². The van der Waals surface area contributed by atoms with Crippen molar-refractivity contribution in [2.24, 2.45) is 0 Å². The van der Waals surface area contributed by atoms with Gasteiger partial charge in [-0.3, -0.25) is 4.79 Å². The van der Waals surface area contributed by atoms with E-state index < -0.39 is 41.5 Å². The number of nitrogens with zero attached hydrogens (tertiary/aromatic N) is 1. The zero-order valence-corrected chi connectivity index (χ0v) is 25.3. The Hall–Kier alpha value is -5.09. The Kier molecular flexibility index (Phi) is 7.40. The van der Waals surface area contributed by atoms with Crippen LogP contribution in [-0.4, -0.2) is 38.0 Å². The lowest BCUT2D eigenvalue weighted by Crippen LogP contribution is -2.49. The van der Waals surface area contributed by atoms with Crippen LogP contribution in [0.2, 0.25) is 0 Å². The first-order valence-electron chi connectivity index (χ1n) is 14.6. The number of hydrogen-bond acceptors (Lipinski definition) is 10. The molecule has 2 aromatic carbocycles. The number of nitrogens with two attached hydrogens (primary N) is 1. The number of aromatic nitrogens is 1. The van der Waals surface area contributed by atoms with Gasteiger partial charge in [-0.1, -0.05) is 30.4 Å². The molecule has 0 saturated carbocycles. The van der Waals surface area contributed by atoms with Gasteiger partial charge in [-0.05, 0) is 57.0 Å². The van der Waals surface area contributed by atoms with Gasteiger partial charge < -0.3 is 34.9 Å². The number of aliphatic hydroxyl groups is 1. The highest BCUT2D eigenvalue weighted by Crippen LogP contribution is 2.55. The van der Waals surface area contributed by atoms with E-state index in [9.17, 15) is 24.9 Å². The lowest BCUT2D eigenvalue weighted by atomic mass is 9.71. The van der Waals surface area contributed by atoms with Crippen LogP contribution in [0.5, 0.6) is 17.2 Å². The highest BCUT2D eigenvalue weighted by atomic mass is 16.6. The second-order valence-electron chi connectivity index (χ2n) is 11.9. The van der Waals surface area contributed by atoms with Crippen molar-refractivity contribution >= 4 is 28.8 Å². The monoisotopic (exact) mass is 610 g/mol. The van der Waals surface area contributed by atoms with Crippen LogP contribution in [0, 0.1) is 0 Å². The minimum atomic E-state index is -1.08. The van der Waals surface area contributed by atoms with Gasteiger partial charge in [0.15, 0.2) is 5.43 Å². The van der Waals surface area contributed by atoms with Gasteiger partial charge in [0, 0.05) is 52.8 Å². The molecular weight excluding hydrogens is 576 g/mol. The zero-order valence-electron chi connectivity index (χ0n) is 25.3. The van der Waals surface area contributed by atoms with E-state index in [2.05, 4.69) is 4.98 Å². The molecule has 1 aliphatic heterocycles. The molecule has 6 rings (SSSR count). The quantitative estimate of drug-likeness (QED) is 0.174. The maximum absolute atomic E-state index is 13.6. The Morgan fingerprint density at radius 1 is 1.22 bits per heavy atom. The van der Waals surface area contributed by atoms with Gasteiger partial charge >= 0.3 is 5.97 Å². The molecule has 45 heavy (non-hydrogen) atoms. The van der Waals surface area contributed by atoms with Crippen molar-refractivity contribution in [3.8, 4) is 17.2 Å². The molecule has 5 N–H and O–H groups in total. The Balaban J connectivity index is 1.69. The highest BCUT2D eigenvalue weighted by Gasteiger charge is 2.46. The first-order valence-corrected chi connectivity index (χ1v) is 14.6. The van der Waals surface area contributed by atoms with Gasteiger partial charge in [0.05, 0.1) is 0 Å². The lowest BCUT2D eigenvalue weighted by Gasteiger charge is -2.42. The second kappa shape index (κ2) is 11.1. The number of nitrogen functional groups attached to an aromatic ring is 1. The standard InChI is InChI=1S/C35H34N2O8/c1-5-17(2)34(42)44-26-15-24-30(41)28-25(40)14-20(16-38)43-32(28)29(31(24)45-35(26,3)4)27-21(18-7-6-8-19(39)13-18)9-10-23-22(27)11-12-37-33(23)36/h5-14,21,26-27,38-39,41H,15-16H2,1-4H3,(H2,36,37)/b17-5-/t21-,26+,27-/m0/s1. The van der Waals surface area contributed by atoms with Crippen molar-refractivity contribution in [3.63, 3.8) is 0 Å². The molecule has 0 amide bonds. The summed E-state index contributed by atoms with van der Waals surface area (Å²) in [5.41, 5.74) is 8.08. The summed E-state index contributed by atoms with van der Waals surface area (Å²) in [6, 6.07) is 9.83. The predicted octanol–water partition coefficient (Wildman–Crippen LogP) is 5.21. The fraction of sp³-hybridized carbons (Fsp3) is 0.286. The van der Waals surface area contributed by atoms with E-state index in [-0.39, 0.29) is 46.0 Å². The maximum Gasteiger partial charge on any atom is 0.333 e. The maximum atomic E-state index is 13.6. The van der Waals surface area contributed by atoms with Crippen molar-refractivity contribution in [1.29, 1.82) is 0 Å². The Bertz CT molecular complexity index is 1970. The molecule has 0 radical (unpaired) electrons. The van der Waals surface area contributed by atoms with Crippen molar-refractivity contribution in [2.45, 2.75) is 64.3 Å². The summed E-state index contributed by atoms with van der Waals surface area (Å²) in [6.07, 6.45) is 6.29. The van der Waals surface area contributed by atoms with Crippen LogP contribution < -0.4 is 15.9 Å². The third-order valence-corrected chi connectivity index (χ3v) is 8.76. The van der Waals surface area contributed by atoms with E-state index >= 15 is 0 Å². The van der Waals surface area contributed by atoms with Crippen molar-refractivity contribution in [1.82, 2.24) is 4.98 Å². The molecule has 3 atom stereocenters. The number of fused-ring (bicyclic) bond motifs is 3. The molecule has 232 valence electrons. The number of allylic oxidation sites excluding steroid dienone is 2. The first kappa shape index (κ1) is 30.0. The smallest absolute Gasteiger partial charge is 0.333 e. The van der Waals surface area contributed by atoms with E-state index in [1.165, 1.54) is 0 Å². The summed E-state index contributed by atoms with van der Waals surface area (Å²) in [6.45, 7) is 6.41. The zero-order chi connectivity index (χ0) is 32.2. The predicted molar refractivity (Wildman–Crippen MR) is 168 cm³/mol. The number of benzene rings is 2. The summed E-state index contributed by atoms with van der Waals surface area (Å²) < 4.78 is 18.7. The summed E-state index contributed by atoms with van der Waals surface area (Å²) >= 11 is 0. The van der Waals surface area contributed by atoms with Crippen LogP contribution in [0.25, 0.3) is 17.0 Å². The van der Waals surface area contributed by atoms with E-state index in [1.54, 1.807) is 58.2 Å². The summed E-state index contributed by atoms with van der Waals surface area (Å²) in [5.74, 6) is -1.27. The average molecular weight is 611 g/mol. The number of carbonyl (C=O) groups excluding carboxylic acids is 1. The van der Waals surface area contributed by atoms with Crippen molar-refractivity contribution in [3.05, 3.63) is 104 Å². The van der Waals surface area contributed by atoms with Crippen LogP contribution in [0.3, 0.4) is 0 Å². The van der Waals surface area contributed by atoms with E-state index in [0.717, 1.165) is 17.2 Å². The summed E-state index contributed by atoms with van der Waals surface area (Å²) in [4.78, 5) is 30.7. The molecule has 0 spiro atoms. The normalized spacial score (nSPS) is 20.3. The molecule has 2 aromatic heterocycles.